The third-order valence-corrected chi connectivity index (χ3v) is 6.92. The van der Waals surface area contributed by atoms with E-state index in [0.717, 1.165) is 22.6 Å². The van der Waals surface area contributed by atoms with Crippen LogP contribution >= 0.6 is 23.4 Å². The molecule has 0 saturated carbocycles. The topological polar surface area (TPSA) is 112 Å². The zero-order chi connectivity index (χ0) is 26.5. The minimum absolute atomic E-state index is 0.0547. The molecule has 0 aliphatic heterocycles. The fourth-order valence-electron chi connectivity index (χ4n) is 3.69. The number of carbonyl (C=O) groups excluding carboxylic acids is 1. The van der Waals surface area contributed by atoms with Crippen molar-refractivity contribution in [2.45, 2.75) is 31.3 Å². The van der Waals surface area contributed by atoms with Gasteiger partial charge in [-0.15, -0.1) is 10.2 Å². The summed E-state index contributed by atoms with van der Waals surface area (Å²) < 4.78 is 7.18. The summed E-state index contributed by atoms with van der Waals surface area (Å²) in [5.41, 5.74) is 3.36. The summed E-state index contributed by atoms with van der Waals surface area (Å²) in [5.74, 6) is 1.43. The number of thioether (sulfide) groups is 1. The van der Waals surface area contributed by atoms with E-state index in [1.165, 1.54) is 17.8 Å². The molecule has 0 spiro atoms. The van der Waals surface area contributed by atoms with E-state index in [0.29, 0.717) is 27.3 Å². The molecule has 37 heavy (non-hydrogen) atoms. The van der Waals surface area contributed by atoms with Crippen molar-refractivity contribution in [1.29, 1.82) is 0 Å². The molecule has 0 fully saturated rings. The van der Waals surface area contributed by atoms with Crippen LogP contribution in [-0.2, 0) is 12.3 Å². The predicted molar refractivity (Wildman–Crippen MR) is 143 cm³/mol. The van der Waals surface area contributed by atoms with Gasteiger partial charge in [0.25, 0.3) is 11.6 Å². The Balaban J connectivity index is 1.61. The number of nitro benzene ring substituents is 1. The van der Waals surface area contributed by atoms with Crippen LogP contribution in [-0.4, -0.2) is 32.7 Å². The van der Waals surface area contributed by atoms with Gasteiger partial charge in [-0.2, -0.15) is 0 Å². The molecule has 11 heteroatoms. The first-order valence-electron chi connectivity index (χ1n) is 11.3. The Hall–Kier alpha value is -3.89. The molecule has 0 aliphatic rings. The van der Waals surface area contributed by atoms with E-state index in [4.69, 9.17) is 16.3 Å². The van der Waals surface area contributed by atoms with E-state index < -0.39 is 10.8 Å². The standard InChI is InChI=1S/C26H24ClN5O4S/c1-16-8-10-20(27)13-22(16)31-24(14-28-25(33)19-9-7-17(2)23(12-19)32(34)35)29-30-26(31)37-15-18-5-4-6-21(11-18)36-3/h4-13H,14-15H2,1-3H3,(H,28,33). The van der Waals surface area contributed by atoms with Crippen LogP contribution in [0.3, 0.4) is 0 Å². The maximum Gasteiger partial charge on any atom is 0.273 e. The molecular formula is C26H24ClN5O4S. The Morgan fingerprint density at radius 3 is 2.65 bits per heavy atom. The highest BCUT2D eigenvalue weighted by molar-refractivity contribution is 7.98. The quantitative estimate of drug-likeness (QED) is 0.166. The molecule has 0 radical (unpaired) electrons. The van der Waals surface area contributed by atoms with Crippen LogP contribution < -0.4 is 10.1 Å². The number of hydrogen-bond acceptors (Lipinski definition) is 7. The molecule has 3 aromatic carbocycles. The smallest absolute Gasteiger partial charge is 0.273 e. The summed E-state index contributed by atoms with van der Waals surface area (Å²) in [7, 11) is 1.63. The zero-order valence-corrected chi connectivity index (χ0v) is 22.0. The van der Waals surface area contributed by atoms with E-state index in [1.54, 1.807) is 32.2 Å². The molecule has 190 valence electrons. The molecular weight excluding hydrogens is 514 g/mol. The number of methoxy groups -OCH3 is 1. The van der Waals surface area contributed by atoms with E-state index in [9.17, 15) is 14.9 Å². The highest BCUT2D eigenvalue weighted by Crippen LogP contribution is 2.29. The number of benzene rings is 3. The summed E-state index contributed by atoms with van der Waals surface area (Å²) >= 11 is 7.80. The van der Waals surface area contributed by atoms with Crippen LogP contribution in [0.15, 0.2) is 65.8 Å². The fraction of sp³-hybridized carbons (Fsp3) is 0.192. The monoisotopic (exact) mass is 537 g/mol. The number of nitrogens with one attached hydrogen (secondary N) is 1. The van der Waals surface area contributed by atoms with Gasteiger partial charge < -0.3 is 10.1 Å². The third kappa shape index (κ3) is 6.10. The molecule has 1 amide bonds. The number of nitro groups is 1. The SMILES string of the molecule is COc1cccc(CSc2nnc(CNC(=O)c3ccc(C)c([N+](=O)[O-])c3)n2-c2cc(Cl)ccc2C)c1. The van der Waals surface area contributed by atoms with E-state index in [1.807, 2.05) is 47.9 Å². The Morgan fingerprint density at radius 2 is 1.89 bits per heavy atom. The molecule has 4 aromatic rings. The highest BCUT2D eigenvalue weighted by Gasteiger charge is 2.19. The molecule has 0 saturated heterocycles. The number of hydrogen-bond donors (Lipinski definition) is 1. The van der Waals surface area contributed by atoms with E-state index in [-0.39, 0.29) is 17.8 Å². The number of rotatable bonds is 9. The average molecular weight is 538 g/mol. The van der Waals surface area contributed by atoms with Gasteiger partial charge in [-0.05, 0) is 55.3 Å². The van der Waals surface area contributed by atoms with Crippen molar-refractivity contribution in [3.63, 3.8) is 0 Å². The Kier molecular flexibility index (Phi) is 8.10. The maximum atomic E-state index is 12.8. The molecule has 0 atom stereocenters. The zero-order valence-electron chi connectivity index (χ0n) is 20.4. The second kappa shape index (κ2) is 11.4. The lowest BCUT2D eigenvalue weighted by molar-refractivity contribution is -0.385. The number of amides is 1. The molecule has 0 bridgehead atoms. The van der Waals surface area contributed by atoms with Crippen LogP contribution in [0.25, 0.3) is 5.69 Å². The average Bonchev–Trinajstić information content (AvgIpc) is 3.30. The highest BCUT2D eigenvalue weighted by atomic mass is 35.5. The number of nitrogens with zero attached hydrogens (tertiary/aromatic N) is 4. The minimum Gasteiger partial charge on any atom is -0.497 e. The van der Waals surface area contributed by atoms with Crippen molar-refractivity contribution < 1.29 is 14.5 Å². The first kappa shape index (κ1) is 26.2. The van der Waals surface area contributed by atoms with Crippen LogP contribution in [0.5, 0.6) is 5.75 Å². The second-order valence-electron chi connectivity index (χ2n) is 8.25. The fourth-order valence-corrected chi connectivity index (χ4v) is 4.77. The van der Waals surface area contributed by atoms with Crippen LogP contribution in [0.4, 0.5) is 5.69 Å². The third-order valence-electron chi connectivity index (χ3n) is 5.69. The van der Waals surface area contributed by atoms with Gasteiger partial charge in [0.2, 0.25) is 0 Å². The normalized spacial score (nSPS) is 10.8. The molecule has 1 aromatic heterocycles. The van der Waals surface area contributed by atoms with Crippen molar-refractivity contribution in [2.75, 3.05) is 7.11 Å². The van der Waals surface area contributed by atoms with E-state index >= 15 is 0 Å². The molecule has 1 N–H and O–H groups in total. The lowest BCUT2D eigenvalue weighted by atomic mass is 10.1. The summed E-state index contributed by atoms with van der Waals surface area (Å²) in [5, 5.41) is 24.0. The van der Waals surface area contributed by atoms with Gasteiger partial charge in [-0.1, -0.05) is 47.6 Å². The van der Waals surface area contributed by atoms with Gasteiger partial charge in [0.1, 0.15) is 5.75 Å². The van der Waals surface area contributed by atoms with Crippen molar-refractivity contribution in [2.24, 2.45) is 0 Å². The number of ether oxygens (including phenoxy) is 1. The number of aryl methyl sites for hydroxylation is 2. The van der Waals surface area contributed by atoms with Gasteiger partial charge in [-0.25, -0.2) is 0 Å². The van der Waals surface area contributed by atoms with Crippen LogP contribution in [0.2, 0.25) is 5.02 Å². The van der Waals surface area contributed by atoms with E-state index in [2.05, 4.69) is 15.5 Å². The van der Waals surface area contributed by atoms with Crippen molar-refractivity contribution >= 4 is 35.0 Å². The van der Waals surface area contributed by atoms with Gasteiger partial charge in [0, 0.05) is 28.0 Å². The molecule has 0 unspecified atom stereocenters. The summed E-state index contributed by atoms with van der Waals surface area (Å²) in [6.07, 6.45) is 0. The van der Waals surface area contributed by atoms with Gasteiger partial charge in [0.15, 0.2) is 11.0 Å². The lowest BCUT2D eigenvalue weighted by Crippen LogP contribution is -2.25. The predicted octanol–water partition coefficient (Wildman–Crippen LogP) is 5.68. The van der Waals surface area contributed by atoms with Gasteiger partial charge in [0.05, 0.1) is 24.3 Å². The summed E-state index contributed by atoms with van der Waals surface area (Å²) in [4.78, 5) is 23.6. The molecule has 1 heterocycles. The molecule has 4 rings (SSSR count). The van der Waals surface area contributed by atoms with Crippen LogP contribution in [0, 0.1) is 24.0 Å². The first-order chi connectivity index (χ1) is 17.8. The molecule has 9 nitrogen and oxygen atoms in total. The Bertz CT molecular complexity index is 1470. The first-order valence-corrected chi connectivity index (χ1v) is 12.6. The Morgan fingerprint density at radius 1 is 1.11 bits per heavy atom. The number of halogens is 1. The van der Waals surface area contributed by atoms with Gasteiger partial charge >= 0.3 is 0 Å². The largest absolute Gasteiger partial charge is 0.497 e. The van der Waals surface area contributed by atoms with Gasteiger partial charge in [-0.3, -0.25) is 19.5 Å². The van der Waals surface area contributed by atoms with Crippen molar-refractivity contribution in [3.8, 4) is 11.4 Å². The summed E-state index contributed by atoms with van der Waals surface area (Å²) in [6, 6.07) is 17.7. The second-order valence-corrected chi connectivity index (χ2v) is 9.63. The minimum atomic E-state index is -0.503. The van der Waals surface area contributed by atoms with Crippen molar-refractivity contribution in [3.05, 3.63) is 104 Å². The number of aromatic nitrogens is 3. The van der Waals surface area contributed by atoms with Crippen LogP contribution in [0.1, 0.15) is 32.9 Å². The number of carbonyl (C=O) groups is 1. The lowest BCUT2D eigenvalue weighted by Gasteiger charge is -2.14. The van der Waals surface area contributed by atoms with Crippen molar-refractivity contribution in [1.82, 2.24) is 20.1 Å². The summed E-state index contributed by atoms with van der Waals surface area (Å²) in [6.45, 7) is 3.63. The molecule has 0 aliphatic carbocycles. The maximum absolute atomic E-state index is 12.8. The Labute approximate surface area is 223 Å².